The van der Waals surface area contributed by atoms with Crippen LogP contribution < -0.4 is 5.48 Å². The van der Waals surface area contributed by atoms with Gasteiger partial charge in [-0.15, -0.1) is 0 Å². The molecule has 6 nitrogen and oxygen atoms in total. The van der Waals surface area contributed by atoms with Crippen LogP contribution in [0.15, 0.2) is 48.5 Å². The van der Waals surface area contributed by atoms with Crippen molar-refractivity contribution in [2.24, 2.45) is 0 Å². The van der Waals surface area contributed by atoms with Gasteiger partial charge in [0.1, 0.15) is 11.9 Å². The van der Waals surface area contributed by atoms with Gasteiger partial charge in [-0.2, -0.15) is 0 Å². The molecule has 142 valence electrons. The summed E-state index contributed by atoms with van der Waals surface area (Å²) in [5.74, 6) is -1.16. The number of nitrogens with one attached hydrogen (secondary N) is 1. The fraction of sp³-hybridized carbons (Fsp3) is 0.300. The number of hydrogen-bond acceptors (Lipinski definition) is 4. The Balaban J connectivity index is 1.72. The summed E-state index contributed by atoms with van der Waals surface area (Å²) in [5.41, 5.74) is 3.58. The molecular weight excluding hydrogens is 349 g/mol. The van der Waals surface area contributed by atoms with E-state index in [4.69, 9.17) is 5.21 Å². The van der Waals surface area contributed by atoms with Crippen LogP contribution in [-0.2, 0) is 4.79 Å². The minimum Gasteiger partial charge on any atom is -0.336 e. The third-order valence-electron chi connectivity index (χ3n) is 4.87. The molecule has 1 atom stereocenters. The third kappa shape index (κ3) is 4.15. The first-order chi connectivity index (χ1) is 13.0. The molecule has 0 aliphatic carbocycles. The summed E-state index contributed by atoms with van der Waals surface area (Å²) in [6.07, 6.45) is 0. The second-order valence-electron chi connectivity index (χ2n) is 6.58. The summed E-state index contributed by atoms with van der Waals surface area (Å²) >= 11 is 0. The van der Waals surface area contributed by atoms with Crippen LogP contribution >= 0.6 is 0 Å². The van der Waals surface area contributed by atoms with Crippen LogP contribution in [0.5, 0.6) is 0 Å². The molecule has 2 aromatic carbocycles. The van der Waals surface area contributed by atoms with Crippen molar-refractivity contribution < 1.29 is 19.2 Å². The minimum absolute atomic E-state index is 0.213. The van der Waals surface area contributed by atoms with Crippen molar-refractivity contribution in [3.05, 3.63) is 71.0 Å². The zero-order chi connectivity index (χ0) is 19.4. The Morgan fingerprint density at radius 1 is 1.07 bits per heavy atom. The van der Waals surface area contributed by atoms with Gasteiger partial charge in [-0.25, -0.2) is 9.87 Å². The average Bonchev–Trinajstić information content (AvgIpc) is 2.70. The first kappa shape index (κ1) is 19.0. The molecule has 1 fully saturated rings. The van der Waals surface area contributed by atoms with Crippen LogP contribution in [0.25, 0.3) is 0 Å². The maximum Gasteiger partial charge on any atom is 0.265 e. The predicted molar refractivity (Wildman–Crippen MR) is 97.7 cm³/mol. The highest BCUT2D eigenvalue weighted by molar-refractivity contribution is 5.95. The van der Waals surface area contributed by atoms with Gasteiger partial charge < -0.3 is 4.90 Å². The van der Waals surface area contributed by atoms with Crippen LogP contribution in [0.4, 0.5) is 4.39 Å². The molecule has 7 heteroatoms. The summed E-state index contributed by atoms with van der Waals surface area (Å²) in [6, 6.07) is 12.7. The minimum atomic E-state index is -0.635. The zero-order valence-corrected chi connectivity index (χ0v) is 15.1. The number of hydrogen-bond donors (Lipinski definition) is 2. The van der Waals surface area contributed by atoms with Gasteiger partial charge in [0.15, 0.2) is 0 Å². The number of piperazine rings is 1. The number of aryl methyl sites for hydroxylation is 1. The number of rotatable bonds is 4. The van der Waals surface area contributed by atoms with Gasteiger partial charge in [-0.1, -0.05) is 36.4 Å². The molecule has 1 saturated heterocycles. The highest BCUT2D eigenvalue weighted by atomic mass is 19.1. The Morgan fingerprint density at radius 2 is 1.74 bits per heavy atom. The normalized spacial score (nSPS) is 16.0. The predicted octanol–water partition coefficient (Wildman–Crippen LogP) is 2.14. The maximum absolute atomic E-state index is 13.5. The van der Waals surface area contributed by atoms with Crippen LogP contribution in [-0.4, -0.2) is 53.0 Å². The van der Waals surface area contributed by atoms with Gasteiger partial charge >= 0.3 is 0 Å². The number of benzene rings is 2. The van der Waals surface area contributed by atoms with E-state index < -0.39 is 17.8 Å². The van der Waals surface area contributed by atoms with Crippen LogP contribution in [0.3, 0.4) is 0 Å². The zero-order valence-electron chi connectivity index (χ0n) is 15.1. The number of nitrogens with zero attached hydrogens (tertiary/aromatic N) is 2. The van der Waals surface area contributed by atoms with Gasteiger partial charge in [0, 0.05) is 31.7 Å². The molecule has 1 aliphatic rings. The third-order valence-corrected chi connectivity index (χ3v) is 4.87. The van der Waals surface area contributed by atoms with Gasteiger partial charge in [0.25, 0.3) is 11.8 Å². The Hall–Kier alpha value is -2.77. The van der Waals surface area contributed by atoms with Gasteiger partial charge in [0.2, 0.25) is 0 Å². The summed E-state index contributed by atoms with van der Waals surface area (Å²) in [4.78, 5) is 28.5. The molecule has 2 amide bonds. The number of amides is 2. The topological polar surface area (TPSA) is 72.9 Å². The van der Waals surface area contributed by atoms with Crippen molar-refractivity contribution in [3.8, 4) is 0 Å². The Labute approximate surface area is 157 Å². The maximum atomic E-state index is 13.5. The lowest BCUT2D eigenvalue weighted by molar-refractivity contribution is -0.135. The molecule has 0 saturated carbocycles. The molecular formula is C20H22FN3O3. The highest BCUT2D eigenvalue weighted by Gasteiger charge is 2.32. The molecule has 0 bridgehead atoms. The van der Waals surface area contributed by atoms with Crippen molar-refractivity contribution in [2.75, 3.05) is 26.2 Å². The summed E-state index contributed by atoms with van der Waals surface area (Å²) in [5, 5.41) is 9.12. The first-order valence-corrected chi connectivity index (χ1v) is 8.79. The van der Waals surface area contributed by atoms with Crippen LogP contribution in [0.2, 0.25) is 0 Å². The van der Waals surface area contributed by atoms with Crippen molar-refractivity contribution in [1.82, 2.24) is 15.3 Å². The second kappa shape index (κ2) is 8.28. The smallest absolute Gasteiger partial charge is 0.265 e. The van der Waals surface area contributed by atoms with E-state index in [1.807, 2.05) is 35.2 Å². The number of carbonyl (C=O) groups is 2. The first-order valence-electron chi connectivity index (χ1n) is 8.79. The molecule has 1 aliphatic heterocycles. The summed E-state index contributed by atoms with van der Waals surface area (Å²) in [7, 11) is 0. The monoisotopic (exact) mass is 371 g/mol. The molecule has 1 unspecified atom stereocenters. The van der Waals surface area contributed by atoms with Crippen molar-refractivity contribution in [1.29, 1.82) is 0 Å². The van der Waals surface area contributed by atoms with E-state index in [9.17, 15) is 14.0 Å². The molecule has 0 radical (unpaired) electrons. The van der Waals surface area contributed by atoms with Crippen molar-refractivity contribution in [3.63, 3.8) is 0 Å². The molecule has 2 N–H and O–H groups in total. The van der Waals surface area contributed by atoms with E-state index in [0.29, 0.717) is 31.7 Å². The van der Waals surface area contributed by atoms with Crippen LogP contribution in [0, 0.1) is 12.7 Å². The quantitative estimate of drug-likeness (QED) is 0.638. The fourth-order valence-electron chi connectivity index (χ4n) is 3.40. The van der Waals surface area contributed by atoms with E-state index in [-0.39, 0.29) is 5.91 Å². The Bertz CT molecular complexity index is 820. The standard InChI is InChI=1S/C20H22FN3O3/c1-14-7-8-16(21)13-17(14)20(26)24-11-9-23(10-12-24)18(19(25)22-27)15-5-3-2-4-6-15/h2-8,13,18,27H,9-12H2,1H3,(H,22,25). The molecule has 0 spiro atoms. The number of carbonyl (C=O) groups excluding carboxylic acids is 2. The highest BCUT2D eigenvalue weighted by Crippen LogP contribution is 2.23. The van der Waals surface area contributed by atoms with E-state index in [1.54, 1.807) is 23.4 Å². The number of hydroxylamine groups is 1. The largest absolute Gasteiger partial charge is 0.336 e. The summed E-state index contributed by atoms with van der Waals surface area (Å²) < 4.78 is 13.5. The van der Waals surface area contributed by atoms with Crippen molar-refractivity contribution in [2.45, 2.75) is 13.0 Å². The lowest BCUT2D eigenvalue weighted by Gasteiger charge is -2.38. The Kier molecular flexibility index (Phi) is 5.83. The molecule has 2 aromatic rings. The summed E-state index contributed by atoms with van der Waals surface area (Å²) in [6.45, 7) is 3.54. The molecule has 1 heterocycles. The van der Waals surface area contributed by atoms with Gasteiger partial charge in [-0.05, 0) is 30.2 Å². The van der Waals surface area contributed by atoms with Gasteiger partial charge in [0.05, 0.1) is 0 Å². The van der Waals surface area contributed by atoms with E-state index in [0.717, 1.165) is 11.1 Å². The van der Waals surface area contributed by atoms with E-state index in [1.165, 1.54) is 12.1 Å². The number of halogens is 1. The SMILES string of the molecule is Cc1ccc(F)cc1C(=O)N1CCN(C(C(=O)NO)c2ccccc2)CC1. The molecule has 0 aromatic heterocycles. The van der Waals surface area contributed by atoms with Gasteiger partial charge in [-0.3, -0.25) is 19.7 Å². The van der Waals surface area contributed by atoms with Crippen molar-refractivity contribution >= 4 is 11.8 Å². The lowest BCUT2D eigenvalue weighted by Crippen LogP contribution is -2.52. The average molecular weight is 371 g/mol. The molecule has 27 heavy (non-hydrogen) atoms. The molecule has 3 rings (SSSR count). The second-order valence-corrected chi connectivity index (χ2v) is 6.58. The fourth-order valence-corrected chi connectivity index (χ4v) is 3.40. The lowest BCUT2D eigenvalue weighted by atomic mass is 10.0. The van der Waals surface area contributed by atoms with Crippen LogP contribution in [0.1, 0.15) is 27.5 Å². The Morgan fingerprint density at radius 3 is 2.37 bits per heavy atom. The van der Waals surface area contributed by atoms with E-state index in [2.05, 4.69) is 0 Å². The van der Waals surface area contributed by atoms with E-state index >= 15 is 0 Å².